The number of fused-ring (bicyclic) bond motifs is 6. The molecule has 0 saturated carbocycles. The van der Waals surface area contributed by atoms with E-state index in [2.05, 4.69) is 106 Å². The highest BCUT2D eigenvalue weighted by Gasteiger charge is 2.26. The summed E-state index contributed by atoms with van der Waals surface area (Å²) in [4.78, 5) is 18.3. The lowest BCUT2D eigenvalue weighted by Gasteiger charge is -2.09. The van der Waals surface area contributed by atoms with Crippen LogP contribution in [0.2, 0.25) is 5.02 Å². The maximum Gasteiger partial charge on any atom is 0.216 e. The normalized spacial score (nSPS) is 12.2. The first kappa shape index (κ1) is 40.6. The zero-order chi connectivity index (χ0) is 40.1. The van der Waals surface area contributed by atoms with Gasteiger partial charge in [-0.3, -0.25) is 14.4 Å². The van der Waals surface area contributed by atoms with Crippen molar-refractivity contribution in [3.05, 3.63) is 121 Å². The van der Waals surface area contributed by atoms with Gasteiger partial charge in [-0.05, 0) is 118 Å². The summed E-state index contributed by atoms with van der Waals surface area (Å²) >= 11 is 9.63. The van der Waals surface area contributed by atoms with Gasteiger partial charge >= 0.3 is 0 Å². The van der Waals surface area contributed by atoms with Gasteiger partial charge in [0.1, 0.15) is 17.4 Å². The van der Waals surface area contributed by atoms with Crippen LogP contribution in [0.5, 0.6) is 0 Å². The zero-order valence-electron chi connectivity index (χ0n) is 33.8. The molecule has 7 aromatic rings. The number of aromatic nitrogens is 4. The van der Waals surface area contributed by atoms with Crippen molar-refractivity contribution < 1.29 is 4.79 Å². The number of aliphatic imine (C=N–C) groups is 1. The highest BCUT2D eigenvalue weighted by molar-refractivity contribution is 7.15. The summed E-state index contributed by atoms with van der Waals surface area (Å²) in [7, 11) is 0. The van der Waals surface area contributed by atoms with E-state index in [0.717, 1.165) is 65.5 Å². The van der Waals surface area contributed by atoms with Crippen molar-refractivity contribution >= 4 is 67.7 Å². The molecule has 5 heterocycles. The van der Waals surface area contributed by atoms with Crippen molar-refractivity contribution in [1.82, 2.24) is 30.0 Å². The van der Waals surface area contributed by atoms with Crippen molar-refractivity contribution in [3.63, 3.8) is 0 Å². The molecule has 0 saturated heterocycles. The van der Waals surface area contributed by atoms with Gasteiger partial charge in [-0.15, -0.1) is 32.9 Å². The molecule has 8 nitrogen and oxygen atoms in total. The van der Waals surface area contributed by atoms with Gasteiger partial charge in [-0.25, -0.2) is 0 Å². The number of halogens is 1. The summed E-state index contributed by atoms with van der Waals surface area (Å²) in [6.45, 7) is 16.5. The first-order chi connectivity index (χ1) is 27.6. The first-order valence-corrected chi connectivity index (χ1v) is 22.1. The number of rotatable bonds is 13. The van der Waals surface area contributed by atoms with Crippen LogP contribution in [0.25, 0.3) is 37.2 Å². The van der Waals surface area contributed by atoms with Gasteiger partial charge in [0, 0.05) is 74.3 Å². The molecule has 2 N–H and O–H groups in total. The molecular formula is C46H52ClN7OS2. The number of hydrogen-bond donors (Lipinski definition) is 2. The molecule has 0 aliphatic carbocycles. The minimum Gasteiger partial charge on any atom is -0.356 e. The molecule has 3 aromatic carbocycles. The van der Waals surface area contributed by atoms with E-state index in [0.29, 0.717) is 6.54 Å². The van der Waals surface area contributed by atoms with Crippen molar-refractivity contribution in [2.45, 2.75) is 93.3 Å². The highest BCUT2D eigenvalue weighted by atomic mass is 35.5. The largest absolute Gasteiger partial charge is 0.356 e. The van der Waals surface area contributed by atoms with Crippen LogP contribution in [-0.4, -0.2) is 44.0 Å². The molecule has 0 bridgehead atoms. The molecular weight excluding hydrogens is 766 g/mol. The van der Waals surface area contributed by atoms with Crippen LogP contribution in [0, 0.1) is 27.7 Å². The Balaban J connectivity index is 0.000000187. The van der Waals surface area contributed by atoms with Crippen LogP contribution in [-0.2, 0) is 24.4 Å². The lowest BCUT2D eigenvalue weighted by Crippen LogP contribution is -2.20. The van der Waals surface area contributed by atoms with Crippen LogP contribution in [0.3, 0.4) is 0 Å². The quantitative estimate of drug-likeness (QED) is 0.113. The predicted octanol–water partition coefficient (Wildman–Crippen LogP) is 11.3. The number of carbonyl (C=O) groups excluding carboxylic acids is 1. The van der Waals surface area contributed by atoms with Gasteiger partial charge in [0.05, 0.1) is 5.71 Å². The molecule has 0 unspecified atom stereocenters. The Kier molecular flexibility index (Phi) is 13.0. The Morgan fingerprint density at radius 2 is 1.60 bits per heavy atom. The molecule has 296 valence electrons. The van der Waals surface area contributed by atoms with Gasteiger partial charge in [0.15, 0.2) is 5.82 Å². The van der Waals surface area contributed by atoms with Crippen LogP contribution in [0.15, 0.2) is 77.1 Å². The fourth-order valence-corrected chi connectivity index (χ4v) is 9.88. The van der Waals surface area contributed by atoms with Crippen molar-refractivity contribution in [2.75, 3.05) is 13.1 Å². The average Bonchev–Trinajstić information content (AvgIpc) is 3.93. The van der Waals surface area contributed by atoms with Gasteiger partial charge < -0.3 is 15.2 Å². The van der Waals surface area contributed by atoms with E-state index in [1.807, 2.05) is 42.5 Å². The Hall–Kier alpha value is -4.61. The summed E-state index contributed by atoms with van der Waals surface area (Å²) in [5.41, 5.74) is 11.1. The topological polar surface area (TPSA) is 89.1 Å². The number of nitrogens with zero attached hydrogens (tertiary/aromatic N) is 5. The van der Waals surface area contributed by atoms with E-state index >= 15 is 0 Å². The van der Waals surface area contributed by atoms with Crippen LogP contribution >= 0.6 is 34.3 Å². The fourth-order valence-electron chi connectivity index (χ4n) is 7.63. The minimum atomic E-state index is 0.0693. The molecule has 1 aliphatic heterocycles. The summed E-state index contributed by atoms with van der Waals surface area (Å²) in [5, 5.41) is 21.8. The van der Waals surface area contributed by atoms with E-state index in [4.69, 9.17) is 16.6 Å². The fraction of sp³-hybridized carbons (Fsp3) is 0.348. The van der Waals surface area contributed by atoms with Crippen LogP contribution in [0.1, 0.15) is 90.3 Å². The smallest absolute Gasteiger partial charge is 0.216 e. The number of hydrogen-bond acceptors (Lipinski definition) is 7. The molecule has 0 spiro atoms. The highest BCUT2D eigenvalue weighted by Crippen LogP contribution is 2.37. The maximum atomic E-state index is 10.9. The minimum absolute atomic E-state index is 0.0693. The third-order valence-corrected chi connectivity index (χ3v) is 13.2. The van der Waals surface area contributed by atoms with E-state index in [1.165, 1.54) is 85.1 Å². The standard InChI is InChI=1S/C29H37N3OS.C17H15ClN4S/c1-4-32-27-13-10-23(19-30-14-8-6-5-7-9-15-31-22(3)33)17-26(27)25-12-11-24(18-28(25)32)29-16-21(2)20-34-29;1-9-10(2)23-17-15(9)16(12-4-6-13(18)7-5-12)19-8-14-21-20-11(3)22(14)17/h10-13,16-18,20,30H,4-9,14-15,19H2,1-3H3,(H,31,33);4-7H,8H2,1-3H3. The molecule has 11 heteroatoms. The second-order valence-corrected chi connectivity index (χ2v) is 17.4. The summed E-state index contributed by atoms with van der Waals surface area (Å²) in [6.07, 6.45) is 5.93. The van der Waals surface area contributed by atoms with Crippen molar-refractivity contribution in [1.29, 1.82) is 0 Å². The Labute approximate surface area is 349 Å². The molecule has 57 heavy (non-hydrogen) atoms. The Morgan fingerprint density at radius 1 is 0.842 bits per heavy atom. The lowest BCUT2D eigenvalue weighted by atomic mass is 10.00. The number of carbonyl (C=O) groups is 1. The van der Waals surface area contributed by atoms with Crippen molar-refractivity contribution in [2.24, 2.45) is 4.99 Å². The number of thiophene rings is 2. The Morgan fingerprint density at radius 3 is 2.33 bits per heavy atom. The number of benzene rings is 3. The first-order valence-electron chi connectivity index (χ1n) is 20.0. The number of amides is 1. The van der Waals surface area contributed by atoms with Crippen LogP contribution in [0.4, 0.5) is 0 Å². The van der Waals surface area contributed by atoms with Gasteiger partial charge in [-0.1, -0.05) is 61.2 Å². The molecule has 4 aromatic heterocycles. The molecule has 1 aliphatic rings. The lowest BCUT2D eigenvalue weighted by molar-refractivity contribution is -0.118. The van der Waals surface area contributed by atoms with Gasteiger partial charge in [-0.2, -0.15) is 0 Å². The summed E-state index contributed by atoms with van der Waals surface area (Å²) in [6, 6.07) is 24.0. The third kappa shape index (κ3) is 9.10. The SMILES string of the molecule is CCn1c2ccc(CNCCCCCCCNC(C)=O)cc2c2ccc(-c3cc(C)cs3)cc21.Cc1sc2c(c1C)C(c1ccc(Cl)cc1)=NCc1nnc(C)n1-2. The molecule has 8 rings (SSSR count). The maximum absolute atomic E-state index is 10.9. The van der Waals surface area contributed by atoms with E-state index in [1.54, 1.807) is 18.3 Å². The van der Waals surface area contributed by atoms with E-state index in [9.17, 15) is 4.79 Å². The number of aryl methyl sites for hydroxylation is 4. The van der Waals surface area contributed by atoms with E-state index in [-0.39, 0.29) is 5.91 Å². The molecule has 0 fully saturated rings. The van der Waals surface area contributed by atoms with Gasteiger partial charge in [0.25, 0.3) is 0 Å². The van der Waals surface area contributed by atoms with E-state index < -0.39 is 0 Å². The molecule has 0 radical (unpaired) electrons. The monoisotopic (exact) mass is 817 g/mol. The predicted molar refractivity (Wildman–Crippen MR) is 241 cm³/mol. The van der Waals surface area contributed by atoms with Crippen molar-refractivity contribution in [3.8, 4) is 15.4 Å². The second-order valence-electron chi connectivity index (χ2n) is 14.9. The second kappa shape index (κ2) is 18.3. The number of nitrogens with one attached hydrogen (secondary N) is 2. The zero-order valence-corrected chi connectivity index (χ0v) is 36.2. The number of unbranched alkanes of at least 4 members (excludes halogenated alkanes) is 4. The molecule has 0 atom stereocenters. The average molecular weight is 819 g/mol. The summed E-state index contributed by atoms with van der Waals surface area (Å²) in [5.74, 6) is 1.85. The third-order valence-electron chi connectivity index (χ3n) is 10.7. The Bertz CT molecular complexity index is 2540. The molecule has 1 amide bonds. The van der Waals surface area contributed by atoms with Crippen LogP contribution < -0.4 is 10.6 Å². The van der Waals surface area contributed by atoms with Gasteiger partial charge in [0.2, 0.25) is 5.91 Å². The summed E-state index contributed by atoms with van der Waals surface area (Å²) < 4.78 is 4.57.